The summed E-state index contributed by atoms with van der Waals surface area (Å²) in [7, 11) is 0. The van der Waals surface area contributed by atoms with Gasteiger partial charge in [-0.1, -0.05) is 19.9 Å². The van der Waals surface area contributed by atoms with Crippen LogP contribution in [0, 0.1) is 5.92 Å². The van der Waals surface area contributed by atoms with E-state index in [9.17, 15) is 4.79 Å². The summed E-state index contributed by atoms with van der Waals surface area (Å²) in [6.07, 6.45) is 1.65. The van der Waals surface area contributed by atoms with Crippen molar-refractivity contribution in [2.24, 2.45) is 11.7 Å². The molecule has 0 aliphatic carbocycles. The predicted molar refractivity (Wildman–Crippen MR) is 79.5 cm³/mol. The minimum atomic E-state index is -0.0202. The highest BCUT2D eigenvalue weighted by Crippen LogP contribution is 2.34. The molecule has 20 heavy (non-hydrogen) atoms. The lowest BCUT2D eigenvalue weighted by molar-refractivity contribution is -0.125. The molecule has 3 unspecified atom stereocenters. The first-order chi connectivity index (χ1) is 9.52. The number of carbonyl (C=O) groups excluding carboxylic acids is 1. The van der Waals surface area contributed by atoms with Gasteiger partial charge in [0.05, 0.1) is 12.6 Å². The van der Waals surface area contributed by atoms with E-state index >= 15 is 0 Å². The summed E-state index contributed by atoms with van der Waals surface area (Å²) in [5.41, 5.74) is 8.05. The Kier molecular flexibility index (Phi) is 4.65. The summed E-state index contributed by atoms with van der Waals surface area (Å²) in [5, 5.41) is 3.13. The van der Waals surface area contributed by atoms with Crippen molar-refractivity contribution in [1.29, 1.82) is 0 Å². The molecule has 0 spiro atoms. The number of fused-ring (bicyclic) bond motifs is 1. The van der Waals surface area contributed by atoms with E-state index in [1.165, 1.54) is 0 Å². The molecule has 0 saturated heterocycles. The summed E-state index contributed by atoms with van der Waals surface area (Å²) < 4.78 is 5.66. The number of hydrogen-bond donors (Lipinski definition) is 2. The fourth-order valence-electron chi connectivity index (χ4n) is 2.35. The fourth-order valence-corrected chi connectivity index (χ4v) is 2.35. The molecule has 0 bridgehead atoms. The van der Waals surface area contributed by atoms with Crippen LogP contribution in [0.15, 0.2) is 18.2 Å². The van der Waals surface area contributed by atoms with E-state index in [2.05, 4.69) is 11.4 Å². The number of nitrogens with two attached hydrogens (primary N) is 1. The average Bonchev–Trinajstić information content (AvgIpc) is 2.46. The second-order valence-electron chi connectivity index (χ2n) is 5.59. The minimum Gasteiger partial charge on any atom is -0.493 e. The fraction of sp³-hybridized carbons (Fsp3) is 0.562. The molecule has 1 aliphatic heterocycles. The van der Waals surface area contributed by atoms with Crippen LogP contribution >= 0.6 is 0 Å². The van der Waals surface area contributed by atoms with Crippen molar-refractivity contribution >= 4 is 5.91 Å². The number of carbonyl (C=O) groups is 1. The molecule has 3 atom stereocenters. The third kappa shape index (κ3) is 3.12. The highest BCUT2D eigenvalue weighted by atomic mass is 16.5. The van der Waals surface area contributed by atoms with Crippen molar-refractivity contribution in [2.75, 3.05) is 6.61 Å². The molecule has 1 aromatic rings. The molecule has 1 heterocycles. The van der Waals surface area contributed by atoms with Gasteiger partial charge >= 0.3 is 0 Å². The zero-order chi connectivity index (χ0) is 14.7. The smallest absolute Gasteiger partial charge is 0.223 e. The Morgan fingerprint density at radius 2 is 2.25 bits per heavy atom. The Morgan fingerprint density at radius 1 is 1.50 bits per heavy atom. The largest absolute Gasteiger partial charge is 0.493 e. The van der Waals surface area contributed by atoms with Crippen molar-refractivity contribution in [3.05, 3.63) is 29.3 Å². The molecule has 2 rings (SSSR count). The van der Waals surface area contributed by atoms with E-state index in [1.54, 1.807) is 0 Å². The van der Waals surface area contributed by atoms with Crippen LogP contribution in [-0.2, 0) is 4.79 Å². The maximum Gasteiger partial charge on any atom is 0.223 e. The Labute approximate surface area is 120 Å². The lowest BCUT2D eigenvalue weighted by atomic mass is 9.95. The molecule has 1 aromatic carbocycles. The minimum absolute atomic E-state index is 0.0202. The topological polar surface area (TPSA) is 64.3 Å². The molecule has 110 valence electrons. The molecular weight excluding hydrogens is 252 g/mol. The van der Waals surface area contributed by atoms with E-state index in [1.807, 2.05) is 32.9 Å². The zero-order valence-electron chi connectivity index (χ0n) is 12.5. The molecule has 0 aromatic heterocycles. The Bertz CT molecular complexity index is 485. The van der Waals surface area contributed by atoms with Crippen molar-refractivity contribution < 1.29 is 9.53 Å². The van der Waals surface area contributed by atoms with E-state index in [4.69, 9.17) is 10.5 Å². The summed E-state index contributed by atoms with van der Waals surface area (Å²) in [6, 6.07) is 6.01. The molecule has 4 heteroatoms. The van der Waals surface area contributed by atoms with Gasteiger partial charge in [-0.15, -0.1) is 0 Å². The third-order valence-corrected chi connectivity index (χ3v) is 3.98. The van der Waals surface area contributed by atoms with Gasteiger partial charge in [0, 0.05) is 23.9 Å². The predicted octanol–water partition coefficient (Wildman–Crippen LogP) is 2.69. The number of amides is 1. The van der Waals surface area contributed by atoms with Gasteiger partial charge in [0.15, 0.2) is 0 Å². The first kappa shape index (κ1) is 14.9. The highest BCUT2D eigenvalue weighted by Gasteiger charge is 2.25. The van der Waals surface area contributed by atoms with E-state index in [0.717, 1.165) is 29.7 Å². The van der Waals surface area contributed by atoms with Crippen molar-refractivity contribution in [2.45, 2.75) is 45.7 Å². The number of nitrogens with one attached hydrogen (secondary N) is 1. The molecule has 0 saturated carbocycles. The van der Waals surface area contributed by atoms with Gasteiger partial charge in [-0.05, 0) is 31.0 Å². The first-order valence-electron chi connectivity index (χ1n) is 7.35. The van der Waals surface area contributed by atoms with Crippen LogP contribution in [-0.4, -0.2) is 12.5 Å². The van der Waals surface area contributed by atoms with E-state index in [0.29, 0.717) is 6.61 Å². The van der Waals surface area contributed by atoms with Gasteiger partial charge in [-0.25, -0.2) is 0 Å². The number of ether oxygens (including phenoxy) is 1. The number of rotatable bonds is 4. The van der Waals surface area contributed by atoms with Gasteiger partial charge in [0.2, 0.25) is 5.91 Å². The molecule has 1 aliphatic rings. The van der Waals surface area contributed by atoms with Crippen LogP contribution in [0.2, 0.25) is 0 Å². The summed E-state index contributed by atoms with van der Waals surface area (Å²) in [4.78, 5) is 12.1. The second-order valence-corrected chi connectivity index (χ2v) is 5.59. The first-order valence-corrected chi connectivity index (χ1v) is 7.35. The van der Waals surface area contributed by atoms with Gasteiger partial charge in [-0.3, -0.25) is 4.79 Å². The second kappa shape index (κ2) is 6.27. The summed E-state index contributed by atoms with van der Waals surface area (Å²) in [5.74, 6) is 1.00. The van der Waals surface area contributed by atoms with Crippen LogP contribution in [0.25, 0.3) is 0 Å². The molecule has 1 amide bonds. The van der Waals surface area contributed by atoms with Gasteiger partial charge in [0.25, 0.3) is 0 Å². The molecular formula is C16H24N2O2. The molecule has 0 radical (unpaired) electrons. The van der Waals surface area contributed by atoms with Crippen molar-refractivity contribution in [3.8, 4) is 5.75 Å². The zero-order valence-corrected chi connectivity index (χ0v) is 12.5. The van der Waals surface area contributed by atoms with Crippen LogP contribution in [0.5, 0.6) is 5.75 Å². The molecule has 4 nitrogen and oxygen atoms in total. The number of hydrogen-bond acceptors (Lipinski definition) is 3. The van der Waals surface area contributed by atoms with E-state index in [-0.39, 0.29) is 23.9 Å². The van der Waals surface area contributed by atoms with E-state index < -0.39 is 0 Å². The Balaban J connectivity index is 2.22. The van der Waals surface area contributed by atoms with Gasteiger partial charge in [-0.2, -0.15) is 0 Å². The number of benzene rings is 1. The lowest BCUT2D eigenvalue weighted by Crippen LogP contribution is -2.35. The molecule has 3 N–H and O–H groups in total. The van der Waals surface area contributed by atoms with Crippen LogP contribution in [0.3, 0.4) is 0 Å². The Hall–Kier alpha value is -1.55. The Morgan fingerprint density at radius 3 is 2.90 bits per heavy atom. The maximum absolute atomic E-state index is 12.1. The average molecular weight is 276 g/mol. The molecule has 0 fully saturated rings. The van der Waals surface area contributed by atoms with Gasteiger partial charge < -0.3 is 15.8 Å². The lowest BCUT2D eigenvalue weighted by Gasteiger charge is -2.28. The standard InChI is InChI=1S/C16H24N2O2/c1-4-10(2)16(19)18-14-7-8-20-15-6-5-12(11(3)17)9-13(14)15/h5-6,9-11,14H,4,7-8,17H2,1-3H3,(H,18,19). The van der Waals surface area contributed by atoms with Crippen molar-refractivity contribution in [1.82, 2.24) is 5.32 Å². The van der Waals surface area contributed by atoms with Crippen molar-refractivity contribution in [3.63, 3.8) is 0 Å². The normalized spacial score (nSPS) is 20.5. The quantitative estimate of drug-likeness (QED) is 0.888. The van der Waals surface area contributed by atoms with Gasteiger partial charge in [0.1, 0.15) is 5.75 Å². The maximum atomic E-state index is 12.1. The van der Waals surface area contributed by atoms with Crippen LogP contribution < -0.4 is 15.8 Å². The third-order valence-electron chi connectivity index (χ3n) is 3.98. The van der Waals surface area contributed by atoms with Crippen LogP contribution in [0.1, 0.15) is 56.8 Å². The SMILES string of the molecule is CCC(C)C(=O)NC1CCOc2ccc(C(C)N)cc21. The van der Waals surface area contributed by atoms with Crippen LogP contribution in [0.4, 0.5) is 0 Å². The summed E-state index contributed by atoms with van der Waals surface area (Å²) >= 11 is 0. The monoisotopic (exact) mass is 276 g/mol. The highest BCUT2D eigenvalue weighted by molar-refractivity contribution is 5.78. The summed E-state index contributed by atoms with van der Waals surface area (Å²) in [6.45, 7) is 6.57.